The van der Waals surface area contributed by atoms with Gasteiger partial charge in [0.1, 0.15) is 23.6 Å². The van der Waals surface area contributed by atoms with Gasteiger partial charge in [0.15, 0.2) is 0 Å². The van der Waals surface area contributed by atoms with Crippen molar-refractivity contribution in [3.63, 3.8) is 0 Å². The van der Waals surface area contributed by atoms with Gasteiger partial charge in [-0.2, -0.15) is 0 Å². The van der Waals surface area contributed by atoms with E-state index in [0.29, 0.717) is 39.5 Å². The van der Waals surface area contributed by atoms with E-state index in [9.17, 15) is 13.6 Å². The number of fused-ring (bicyclic) bond motifs is 2. The maximum Gasteiger partial charge on any atom is 0.272 e. The van der Waals surface area contributed by atoms with Gasteiger partial charge in [0.2, 0.25) is 5.95 Å². The van der Waals surface area contributed by atoms with Gasteiger partial charge in [-0.3, -0.25) is 9.89 Å². The van der Waals surface area contributed by atoms with Gasteiger partial charge in [-0.15, -0.1) is 5.10 Å². The van der Waals surface area contributed by atoms with Gasteiger partial charge in [-0.25, -0.2) is 18.7 Å². The number of aromatic amines is 1. The average molecular weight is 558 g/mol. The Bertz CT molecular complexity index is 1680. The van der Waals surface area contributed by atoms with Crippen LogP contribution in [0, 0.1) is 0 Å². The summed E-state index contributed by atoms with van der Waals surface area (Å²) in [6.07, 6.45) is 2.53. The molecule has 10 nitrogen and oxygen atoms in total. The molecule has 0 atom stereocenters. The first kappa shape index (κ1) is 26.1. The molecule has 12 heteroatoms. The number of nitrogens with one attached hydrogen (secondary N) is 3. The second-order valence-corrected chi connectivity index (χ2v) is 9.60. The number of rotatable bonds is 9. The predicted octanol–water partition coefficient (Wildman–Crippen LogP) is 4.90. The second-order valence-electron chi connectivity index (χ2n) is 9.60. The number of carbonyl (C=O) groups excluding carboxylic acids is 1. The monoisotopic (exact) mass is 557 g/mol. The van der Waals surface area contributed by atoms with Crippen LogP contribution in [0.3, 0.4) is 0 Å². The summed E-state index contributed by atoms with van der Waals surface area (Å²) in [7, 11) is 1.52. The Labute approximate surface area is 233 Å². The van der Waals surface area contributed by atoms with Gasteiger partial charge in [0.25, 0.3) is 12.3 Å². The quantitative estimate of drug-likeness (QED) is 0.234. The van der Waals surface area contributed by atoms with E-state index in [0.717, 1.165) is 12.8 Å². The topological polar surface area (TPSA) is 127 Å². The highest BCUT2D eigenvalue weighted by Crippen LogP contribution is 2.31. The zero-order valence-corrected chi connectivity index (χ0v) is 21.9. The third-order valence-electron chi connectivity index (χ3n) is 6.81. The van der Waals surface area contributed by atoms with E-state index < -0.39 is 18.9 Å². The van der Waals surface area contributed by atoms with Crippen LogP contribution in [0.1, 0.15) is 21.5 Å². The van der Waals surface area contributed by atoms with Crippen molar-refractivity contribution in [1.82, 2.24) is 25.4 Å². The van der Waals surface area contributed by atoms with E-state index in [4.69, 9.17) is 9.47 Å². The number of hydrogen-bond donors (Lipinski definition) is 3. The third-order valence-corrected chi connectivity index (χ3v) is 6.81. The lowest BCUT2D eigenvalue weighted by molar-refractivity contribution is 0.0804. The molecule has 0 radical (unpaired) electrons. The standard InChI is InChI=1S/C29H25F2N7O3/c1-40-22-9-18(19-13-32-29(33-14-19)35-20-6-16-4-2-3-5-17(16)7-20)8-21(10-22)34-28(39)23-11-24-25(37-38-36-24)12-26(23)41-15-27(30)31/h2-5,8-14,20,27H,6-7,15H2,1H3,(H,34,39)(H,32,33,35)(H,36,37,38). The summed E-state index contributed by atoms with van der Waals surface area (Å²) >= 11 is 0. The number of amides is 1. The summed E-state index contributed by atoms with van der Waals surface area (Å²) in [5.74, 6) is 0.422. The summed E-state index contributed by atoms with van der Waals surface area (Å²) in [5.41, 5.74) is 5.37. The minimum atomic E-state index is -2.71. The van der Waals surface area contributed by atoms with Crippen molar-refractivity contribution in [2.75, 3.05) is 24.4 Å². The Balaban J connectivity index is 1.21. The molecule has 0 saturated carbocycles. The van der Waals surface area contributed by atoms with Crippen molar-refractivity contribution in [3.05, 3.63) is 83.7 Å². The van der Waals surface area contributed by atoms with Crippen LogP contribution in [0.5, 0.6) is 11.5 Å². The van der Waals surface area contributed by atoms with E-state index in [1.807, 2.05) is 12.1 Å². The molecule has 0 aliphatic heterocycles. The van der Waals surface area contributed by atoms with E-state index in [-0.39, 0.29) is 17.4 Å². The Morgan fingerprint density at radius 2 is 1.80 bits per heavy atom. The minimum absolute atomic E-state index is 0.0219. The van der Waals surface area contributed by atoms with Crippen LogP contribution in [0.2, 0.25) is 0 Å². The largest absolute Gasteiger partial charge is 0.497 e. The van der Waals surface area contributed by atoms with Gasteiger partial charge < -0.3 is 20.1 Å². The summed E-state index contributed by atoms with van der Waals surface area (Å²) in [5, 5.41) is 16.4. The highest BCUT2D eigenvalue weighted by Gasteiger charge is 2.22. The lowest BCUT2D eigenvalue weighted by atomic mass is 10.1. The first-order valence-electron chi connectivity index (χ1n) is 12.9. The number of methoxy groups -OCH3 is 1. The van der Waals surface area contributed by atoms with Gasteiger partial charge in [-0.1, -0.05) is 29.5 Å². The first-order valence-corrected chi connectivity index (χ1v) is 12.9. The maximum atomic E-state index is 13.3. The summed E-state index contributed by atoms with van der Waals surface area (Å²) in [6.45, 7) is -0.866. The Kier molecular flexibility index (Phi) is 7.11. The number of anilines is 2. The van der Waals surface area contributed by atoms with Crippen LogP contribution in [0.4, 0.5) is 20.4 Å². The van der Waals surface area contributed by atoms with Crippen molar-refractivity contribution in [2.45, 2.75) is 25.3 Å². The Hall–Kier alpha value is -5.13. The molecule has 1 aliphatic carbocycles. The van der Waals surface area contributed by atoms with Crippen molar-refractivity contribution in [3.8, 4) is 22.6 Å². The van der Waals surface area contributed by atoms with Crippen LogP contribution in [0.15, 0.2) is 67.0 Å². The molecule has 0 bridgehead atoms. The molecule has 1 amide bonds. The predicted molar refractivity (Wildman–Crippen MR) is 149 cm³/mol. The summed E-state index contributed by atoms with van der Waals surface area (Å²) in [6, 6.07) is 16.6. The minimum Gasteiger partial charge on any atom is -0.497 e. The number of H-pyrrole nitrogens is 1. The zero-order valence-electron chi connectivity index (χ0n) is 21.9. The van der Waals surface area contributed by atoms with Crippen molar-refractivity contribution < 1.29 is 23.0 Å². The number of benzene rings is 3. The SMILES string of the molecule is COc1cc(NC(=O)c2cc3nn[nH]c3cc2OCC(F)F)cc(-c2cnc(NC3Cc4ccccc4C3)nc2)c1. The average Bonchev–Trinajstić information content (AvgIpc) is 3.61. The van der Waals surface area contributed by atoms with Gasteiger partial charge in [-0.05, 0) is 47.7 Å². The lowest BCUT2D eigenvalue weighted by Crippen LogP contribution is -2.20. The molecule has 0 saturated heterocycles. The number of aromatic nitrogens is 5. The summed E-state index contributed by atoms with van der Waals surface area (Å²) in [4.78, 5) is 22.3. The van der Waals surface area contributed by atoms with Crippen LogP contribution < -0.4 is 20.1 Å². The maximum absolute atomic E-state index is 13.3. The number of nitrogens with zero attached hydrogens (tertiary/aromatic N) is 4. The fraction of sp³-hybridized carbons (Fsp3) is 0.207. The molecular formula is C29H25F2N7O3. The first-order chi connectivity index (χ1) is 19.9. The lowest BCUT2D eigenvalue weighted by Gasteiger charge is -2.14. The number of alkyl halides is 2. The van der Waals surface area contributed by atoms with Crippen LogP contribution in [-0.4, -0.2) is 57.5 Å². The molecule has 0 spiro atoms. The molecule has 2 aromatic heterocycles. The fourth-order valence-corrected chi connectivity index (χ4v) is 4.87. The number of hydrogen-bond acceptors (Lipinski definition) is 8. The zero-order chi connectivity index (χ0) is 28.3. The Morgan fingerprint density at radius 3 is 2.51 bits per heavy atom. The van der Waals surface area contributed by atoms with E-state index in [2.05, 4.69) is 48.1 Å². The van der Waals surface area contributed by atoms with Crippen molar-refractivity contribution in [2.24, 2.45) is 0 Å². The van der Waals surface area contributed by atoms with Gasteiger partial charge in [0, 0.05) is 41.8 Å². The smallest absolute Gasteiger partial charge is 0.272 e. The van der Waals surface area contributed by atoms with Gasteiger partial charge in [0.05, 0.1) is 18.2 Å². The second kappa shape index (κ2) is 11.2. The fourth-order valence-electron chi connectivity index (χ4n) is 4.87. The number of halogens is 2. The highest BCUT2D eigenvalue weighted by atomic mass is 19.3. The van der Waals surface area contributed by atoms with Crippen molar-refractivity contribution >= 4 is 28.6 Å². The third kappa shape index (κ3) is 5.76. The molecule has 3 aromatic carbocycles. The molecule has 41 heavy (non-hydrogen) atoms. The molecule has 0 unspecified atom stereocenters. The molecule has 2 heterocycles. The van der Waals surface area contributed by atoms with E-state index in [1.165, 1.54) is 30.4 Å². The van der Waals surface area contributed by atoms with E-state index in [1.54, 1.807) is 30.6 Å². The molecule has 6 rings (SSSR count). The van der Waals surface area contributed by atoms with Gasteiger partial charge >= 0.3 is 0 Å². The number of ether oxygens (including phenoxy) is 2. The van der Waals surface area contributed by atoms with Crippen LogP contribution in [0.25, 0.3) is 22.2 Å². The highest BCUT2D eigenvalue weighted by molar-refractivity contribution is 6.08. The number of carbonyl (C=O) groups is 1. The van der Waals surface area contributed by atoms with Crippen LogP contribution >= 0.6 is 0 Å². The van der Waals surface area contributed by atoms with E-state index >= 15 is 0 Å². The molecule has 208 valence electrons. The molecule has 0 fully saturated rings. The van der Waals surface area contributed by atoms with Crippen molar-refractivity contribution in [1.29, 1.82) is 0 Å². The van der Waals surface area contributed by atoms with Crippen LogP contribution in [-0.2, 0) is 12.8 Å². The molecule has 3 N–H and O–H groups in total. The molecule has 1 aliphatic rings. The molecule has 5 aromatic rings. The Morgan fingerprint density at radius 1 is 1.05 bits per heavy atom. The molecular weight excluding hydrogens is 532 g/mol. The normalized spacial score (nSPS) is 12.9. The summed E-state index contributed by atoms with van der Waals surface area (Å²) < 4.78 is 36.3.